The van der Waals surface area contributed by atoms with E-state index in [-0.39, 0.29) is 5.60 Å². The molecular formula is C32H68N2O2. The molecule has 0 atom stereocenters. The van der Waals surface area contributed by atoms with Gasteiger partial charge in [-0.15, -0.1) is 0 Å². The minimum Gasteiger partial charge on any atom is -0.380 e. The van der Waals surface area contributed by atoms with Gasteiger partial charge in [0.2, 0.25) is 0 Å². The molecule has 2 saturated carbocycles. The minimum absolute atomic E-state index is 0.250. The monoisotopic (exact) mass is 513 g/mol. The first-order valence-electron chi connectivity index (χ1n) is 14.8. The average molecular weight is 513 g/mol. The van der Waals surface area contributed by atoms with Crippen LogP contribution in [0.25, 0.3) is 0 Å². The summed E-state index contributed by atoms with van der Waals surface area (Å²) in [5.41, 5.74) is 3.33. The fraction of sp³-hybridized carbons (Fsp3) is 1.00. The van der Waals surface area contributed by atoms with Gasteiger partial charge in [0.05, 0.1) is 25.4 Å². The Hall–Kier alpha value is -0.160. The Bertz CT molecular complexity index is 474. The van der Waals surface area contributed by atoms with Gasteiger partial charge in [-0.1, -0.05) is 82.1 Å². The van der Waals surface area contributed by atoms with Gasteiger partial charge in [-0.05, 0) is 69.6 Å². The molecule has 0 spiro atoms. The van der Waals surface area contributed by atoms with Gasteiger partial charge >= 0.3 is 0 Å². The number of hydrogen-bond acceptors (Lipinski definition) is 4. The lowest BCUT2D eigenvalue weighted by Gasteiger charge is -2.35. The normalized spacial score (nSPS) is 27.5. The van der Waals surface area contributed by atoms with Crippen molar-refractivity contribution < 1.29 is 9.47 Å². The molecule has 0 amide bonds. The summed E-state index contributed by atoms with van der Waals surface area (Å²) in [7, 11) is 0. The quantitative estimate of drug-likeness (QED) is 0.321. The first kappa shape index (κ1) is 35.8. The molecule has 218 valence electrons. The van der Waals surface area contributed by atoms with Crippen LogP contribution in [0.4, 0.5) is 0 Å². The molecule has 36 heavy (non-hydrogen) atoms. The van der Waals surface area contributed by atoms with E-state index in [1.165, 1.54) is 58.2 Å². The Morgan fingerprint density at radius 2 is 0.778 bits per heavy atom. The third kappa shape index (κ3) is 24.2. The summed E-state index contributed by atoms with van der Waals surface area (Å²) >= 11 is 0. The number of hydrogen-bond donors (Lipinski definition) is 2. The Labute approximate surface area is 227 Å². The molecule has 0 aromatic heterocycles. The van der Waals surface area contributed by atoms with Gasteiger partial charge in [0.15, 0.2) is 0 Å². The topological polar surface area (TPSA) is 55.7 Å². The largest absolute Gasteiger partial charge is 0.380 e. The summed E-state index contributed by atoms with van der Waals surface area (Å²) in [6.07, 6.45) is 8.52. The minimum atomic E-state index is 0.250. The highest BCUT2D eigenvalue weighted by Crippen LogP contribution is 2.43. The predicted octanol–water partition coefficient (Wildman–Crippen LogP) is 8.24. The number of nitrogens with one attached hydrogen (secondary N) is 2. The van der Waals surface area contributed by atoms with Gasteiger partial charge in [0.1, 0.15) is 0 Å². The van der Waals surface area contributed by atoms with Crippen molar-refractivity contribution in [2.24, 2.45) is 21.7 Å². The lowest BCUT2D eigenvalue weighted by molar-refractivity contribution is -0.0892. The number of ether oxygens (including phenoxy) is 2. The predicted molar refractivity (Wildman–Crippen MR) is 160 cm³/mol. The second-order valence-electron chi connectivity index (χ2n) is 16.1. The Morgan fingerprint density at radius 1 is 0.556 bits per heavy atom. The van der Waals surface area contributed by atoms with Crippen molar-refractivity contribution in [3.05, 3.63) is 0 Å². The molecule has 4 saturated heterocycles. The molecule has 4 heterocycles. The molecule has 6 aliphatic rings. The molecular weight excluding hydrogens is 444 g/mol. The maximum Gasteiger partial charge on any atom is 0.0860 e. The smallest absolute Gasteiger partial charge is 0.0860 e. The Morgan fingerprint density at radius 3 is 0.778 bits per heavy atom. The van der Waals surface area contributed by atoms with Crippen molar-refractivity contribution in [1.29, 1.82) is 0 Å². The summed E-state index contributed by atoms with van der Waals surface area (Å²) in [5.74, 6) is 0. The van der Waals surface area contributed by atoms with E-state index in [0.29, 0.717) is 16.4 Å². The molecule has 0 aromatic rings. The van der Waals surface area contributed by atoms with E-state index in [4.69, 9.17) is 9.47 Å². The fourth-order valence-electron chi connectivity index (χ4n) is 2.59. The highest BCUT2D eigenvalue weighted by atomic mass is 16.6. The summed E-state index contributed by atoms with van der Waals surface area (Å²) < 4.78 is 9.83. The van der Waals surface area contributed by atoms with Crippen LogP contribution in [0.5, 0.6) is 0 Å². The highest BCUT2D eigenvalue weighted by Gasteiger charge is 2.32. The van der Waals surface area contributed by atoms with Gasteiger partial charge in [-0.2, -0.15) is 0 Å². The number of epoxide rings is 1. The zero-order chi connectivity index (χ0) is 28.3. The lowest BCUT2D eigenvalue weighted by Crippen LogP contribution is -2.49. The maximum atomic E-state index is 4.94. The summed E-state index contributed by atoms with van der Waals surface area (Å²) in [6, 6.07) is 0. The van der Waals surface area contributed by atoms with Crippen molar-refractivity contribution in [2.45, 2.75) is 147 Å². The summed E-state index contributed by atoms with van der Waals surface area (Å²) in [5, 5.41) is 6.38. The molecule has 6 rings (SSSR count). The third-order valence-electron chi connectivity index (χ3n) is 6.76. The van der Waals surface area contributed by atoms with Gasteiger partial charge in [-0.3, -0.25) is 0 Å². The zero-order valence-electron chi connectivity index (χ0n) is 27.3. The standard InChI is InChI=1S/C6H12.C5H11N.C5H10O.C5H10.C4H9N.C4H8O.C3H8/c1-6(2)4-3-5-6;2*1-5(2)3-6-4-5;1-5(2)3-4-5;2*1-4(2)3-5-4;1-3-2/h3-5H2,1-2H3;6H,3-4H2,1-2H3;3-4H2,1-2H3;3-4H2,1-2H3;5H,3H2,1-2H3;3H2,1-2H3;3H2,1-2H3. The number of rotatable bonds is 0. The summed E-state index contributed by atoms with van der Waals surface area (Å²) in [6.45, 7) is 37.4. The molecule has 0 bridgehead atoms. The van der Waals surface area contributed by atoms with Crippen molar-refractivity contribution in [1.82, 2.24) is 10.6 Å². The molecule has 6 fully saturated rings. The van der Waals surface area contributed by atoms with Crippen LogP contribution >= 0.6 is 0 Å². The average Bonchev–Trinajstić information content (AvgIpc) is 3.64. The zero-order valence-corrected chi connectivity index (χ0v) is 27.3. The molecule has 0 aromatic carbocycles. The van der Waals surface area contributed by atoms with Crippen LogP contribution in [-0.4, -0.2) is 50.6 Å². The van der Waals surface area contributed by atoms with Crippen molar-refractivity contribution in [3.63, 3.8) is 0 Å². The van der Waals surface area contributed by atoms with Crippen LogP contribution in [0.2, 0.25) is 0 Å². The van der Waals surface area contributed by atoms with E-state index in [9.17, 15) is 0 Å². The van der Waals surface area contributed by atoms with E-state index < -0.39 is 0 Å². The van der Waals surface area contributed by atoms with E-state index in [1.54, 1.807) is 0 Å². The van der Waals surface area contributed by atoms with Crippen LogP contribution in [0.1, 0.15) is 135 Å². The Kier molecular flexibility index (Phi) is 14.8. The fourth-order valence-corrected chi connectivity index (χ4v) is 2.59. The van der Waals surface area contributed by atoms with E-state index in [2.05, 4.69) is 108 Å². The SMILES string of the molecule is CC1(C)CC1.CC1(C)CCC1.CC1(C)CN1.CC1(C)CNC1.CC1(C)CO1.CC1(C)COC1.CCC. The Balaban J connectivity index is 0.000000401. The van der Waals surface area contributed by atoms with Crippen molar-refractivity contribution in [2.75, 3.05) is 39.5 Å². The van der Waals surface area contributed by atoms with Crippen LogP contribution < -0.4 is 10.6 Å². The van der Waals surface area contributed by atoms with E-state index >= 15 is 0 Å². The lowest BCUT2D eigenvalue weighted by atomic mass is 9.72. The van der Waals surface area contributed by atoms with Gasteiger partial charge < -0.3 is 20.1 Å². The second-order valence-corrected chi connectivity index (χ2v) is 16.1. The first-order valence-corrected chi connectivity index (χ1v) is 14.8. The van der Waals surface area contributed by atoms with Crippen molar-refractivity contribution in [3.8, 4) is 0 Å². The molecule has 4 nitrogen and oxygen atoms in total. The third-order valence-corrected chi connectivity index (χ3v) is 6.76. The molecule has 0 unspecified atom stereocenters. The van der Waals surface area contributed by atoms with Crippen LogP contribution in [0, 0.1) is 21.7 Å². The second kappa shape index (κ2) is 14.8. The van der Waals surface area contributed by atoms with Gasteiger partial charge in [-0.25, -0.2) is 0 Å². The van der Waals surface area contributed by atoms with Gasteiger partial charge in [0, 0.05) is 30.6 Å². The molecule has 2 N–H and O–H groups in total. The van der Waals surface area contributed by atoms with Crippen LogP contribution in [0.3, 0.4) is 0 Å². The van der Waals surface area contributed by atoms with Crippen LogP contribution in [0.15, 0.2) is 0 Å². The molecule has 4 heteroatoms. The van der Waals surface area contributed by atoms with E-state index in [1.807, 2.05) is 0 Å². The maximum absolute atomic E-state index is 4.94. The highest BCUT2D eigenvalue weighted by molar-refractivity contribution is 4.94. The molecule has 4 aliphatic heterocycles. The van der Waals surface area contributed by atoms with Gasteiger partial charge in [0.25, 0.3) is 0 Å². The molecule has 2 aliphatic carbocycles. The summed E-state index contributed by atoms with van der Waals surface area (Å²) in [4.78, 5) is 0. The van der Waals surface area contributed by atoms with E-state index in [0.717, 1.165) is 30.7 Å². The van der Waals surface area contributed by atoms with Crippen LogP contribution in [-0.2, 0) is 9.47 Å². The molecule has 0 radical (unpaired) electrons. The van der Waals surface area contributed by atoms with Crippen molar-refractivity contribution >= 4 is 0 Å². The first-order chi connectivity index (χ1) is 16.2.